The van der Waals surface area contributed by atoms with E-state index in [2.05, 4.69) is 15.9 Å². The van der Waals surface area contributed by atoms with E-state index in [1.165, 1.54) is 6.07 Å². The fourth-order valence-corrected chi connectivity index (χ4v) is 3.14. The maximum absolute atomic E-state index is 13.0. The van der Waals surface area contributed by atoms with E-state index in [-0.39, 0.29) is 5.75 Å². The molecule has 2 nitrogen and oxygen atoms in total. The first kappa shape index (κ1) is 17.1. The number of ether oxygens (including phenoxy) is 1. The quantitative estimate of drug-likeness (QED) is 0.575. The lowest BCUT2D eigenvalue weighted by molar-refractivity contribution is -0.137. The monoisotopic (exact) mass is 399 g/mol. The molecule has 0 aliphatic carbocycles. The lowest BCUT2D eigenvalue weighted by atomic mass is 10.0. The van der Waals surface area contributed by atoms with E-state index in [1.54, 1.807) is 0 Å². The van der Waals surface area contributed by atoms with Crippen molar-refractivity contribution in [2.24, 2.45) is 0 Å². The predicted molar refractivity (Wildman–Crippen MR) is 92.0 cm³/mol. The lowest BCUT2D eigenvalue weighted by Gasteiger charge is -2.41. The van der Waals surface area contributed by atoms with Crippen molar-refractivity contribution in [2.45, 2.75) is 32.5 Å². The molecule has 0 saturated carbocycles. The van der Waals surface area contributed by atoms with Gasteiger partial charge in [0.25, 0.3) is 0 Å². The summed E-state index contributed by atoms with van der Waals surface area (Å²) in [5, 5.41) is 0. The van der Waals surface area contributed by atoms with E-state index in [9.17, 15) is 13.2 Å². The van der Waals surface area contributed by atoms with E-state index >= 15 is 0 Å². The Labute approximate surface area is 147 Å². The van der Waals surface area contributed by atoms with Gasteiger partial charge in [-0.25, -0.2) is 0 Å². The second-order valence-corrected chi connectivity index (χ2v) is 7.42. The van der Waals surface area contributed by atoms with Crippen LogP contribution in [0.15, 0.2) is 40.9 Å². The molecule has 0 fully saturated rings. The summed E-state index contributed by atoms with van der Waals surface area (Å²) < 4.78 is 45.7. The van der Waals surface area contributed by atoms with Gasteiger partial charge >= 0.3 is 6.18 Å². The third kappa shape index (κ3) is 3.24. The summed E-state index contributed by atoms with van der Waals surface area (Å²) in [6, 6.07) is 9.55. The number of benzene rings is 2. The zero-order valence-corrected chi connectivity index (χ0v) is 15.1. The van der Waals surface area contributed by atoms with Crippen LogP contribution in [0.5, 0.6) is 5.75 Å². The van der Waals surface area contributed by atoms with Gasteiger partial charge in [-0.05, 0) is 56.7 Å². The molecule has 1 aliphatic heterocycles. The van der Waals surface area contributed by atoms with Gasteiger partial charge in [0.15, 0.2) is 0 Å². The normalized spacial score (nSPS) is 16.5. The smallest absolute Gasteiger partial charge is 0.416 e. The first-order valence-electron chi connectivity index (χ1n) is 7.51. The van der Waals surface area contributed by atoms with Crippen LogP contribution >= 0.6 is 15.9 Å². The summed E-state index contributed by atoms with van der Waals surface area (Å²) in [4.78, 5) is 1.99. The average Bonchev–Trinajstić information content (AvgIpc) is 2.46. The highest BCUT2D eigenvalue weighted by Crippen LogP contribution is 2.44. The van der Waals surface area contributed by atoms with Gasteiger partial charge < -0.3 is 9.64 Å². The molecule has 128 valence electrons. The zero-order valence-electron chi connectivity index (χ0n) is 13.5. The Morgan fingerprint density at radius 2 is 1.83 bits per heavy atom. The van der Waals surface area contributed by atoms with Gasteiger partial charge in [0.1, 0.15) is 11.4 Å². The van der Waals surface area contributed by atoms with Crippen LogP contribution in [0.25, 0.3) is 0 Å². The van der Waals surface area contributed by atoms with Crippen molar-refractivity contribution in [3.05, 3.63) is 52.0 Å². The van der Waals surface area contributed by atoms with Crippen molar-refractivity contribution >= 4 is 27.3 Å². The van der Waals surface area contributed by atoms with Crippen LogP contribution in [0.2, 0.25) is 0 Å². The number of anilines is 2. The third-order valence-electron chi connectivity index (χ3n) is 3.97. The summed E-state index contributed by atoms with van der Waals surface area (Å²) in [6.07, 6.45) is -4.39. The highest BCUT2D eigenvalue weighted by atomic mass is 79.9. The van der Waals surface area contributed by atoms with Crippen LogP contribution in [-0.2, 0) is 6.18 Å². The van der Waals surface area contributed by atoms with E-state index in [1.807, 2.05) is 43.9 Å². The number of nitrogens with zero attached hydrogens (tertiary/aromatic N) is 1. The van der Waals surface area contributed by atoms with Gasteiger partial charge in [0.05, 0.1) is 17.8 Å². The molecule has 0 aromatic heterocycles. The molecule has 0 N–H and O–H groups in total. The Morgan fingerprint density at radius 1 is 1.12 bits per heavy atom. The predicted octanol–water partition coefficient (Wildman–Crippen LogP) is 6.09. The maximum atomic E-state index is 13.0. The van der Waals surface area contributed by atoms with Crippen molar-refractivity contribution in [3.63, 3.8) is 0 Å². The van der Waals surface area contributed by atoms with E-state index in [0.29, 0.717) is 12.2 Å². The number of fused-ring (bicyclic) bond motifs is 1. The van der Waals surface area contributed by atoms with Crippen molar-refractivity contribution in [1.29, 1.82) is 0 Å². The van der Waals surface area contributed by atoms with Crippen LogP contribution in [0.1, 0.15) is 25.0 Å². The highest BCUT2D eigenvalue weighted by Gasteiger charge is 2.36. The Bertz CT molecular complexity index is 786. The fraction of sp³-hybridized carbons (Fsp3) is 0.333. The molecule has 0 amide bonds. The molecule has 0 radical (unpaired) electrons. The zero-order chi connectivity index (χ0) is 17.7. The lowest BCUT2D eigenvalue weighted by Crippen LogP contribution is -2.45. The fourth-order valence-electron chi connectivity index (χ4n) is 2.77. The van der Waals surface area contributed by atoms with E-state index < -0.39 is 17.3 Å². The van der Waals surface area contributed by atoms with E-state index in [4.69, 9.17) is 4.74 Å². The largest absolute Gasteiger partial charge is 0.484 e. The molecule has 24 heavy (non-hydrogen) atoms. The number of alkyl halides is 3. The maximum Gasteiger partial charge on any atom is 0.416 e. The van der Waals surface area contributed by atoms with E-state index in [0.717, 1.165) is 27.9 Å². The highest BCUT2D eigenvalue weighted by molar-refractivity contribution is 9.10. The summed E-state index contributed by atoms with van der Waals surface area (Å²) in [7, 11) is 0. The second kappa shape index (κ2) is 5.69. The second-order valence-electron chi connectivity index (χ2n) is 6.56. The van der Waals surface area contributed by atoms with Crippen LogP contribution in [0, 0.1) is 6.92 Å². The minimum atomic E-state index is -4.39. The summed E-state index contributed by atoms with van der Waals surface area (Å²) >= 11 is 3.51. The number of hydrogen-bond acceptors (Lipinski definition) is 2. The third-order valence-corrected chi connectivity index (χ3v) is 4.82. The molecule has 2 aromatic rings. The Balaban J connectivity index is 2.11. The molecule has 0 bridgehead atoms. The Morgan fingerprint density at radius 3 is 2.46 bits per heavy atom. The Kier molecular flexibility index (Phi) is 4.06. The van der Waals surface area contributed by atoms with Crippen molar-refractivity contribution in [2.75, 3.05) is 11.4 Å². The number of aryl methyl sites for hydroxylation is 1. The molecule has 0 unspecified atom stereocenters. The van der Waals surface area contributed by atoms with Gasteiger partial charge in [0, 0.05) is 10.2 Å². The van der Waals surface area contributed by atoms with Gasteiger partial charge in [-0.2, -0.15) is 13.2 Å². The van der Waals surface area contributed by atoms with Gasteiger partial charge in [-0.1, -0.05) is 22.0 Å². The molecule has 0 atom stereocenters. The molecule has 1 aliphatic rings. The topological polar surface area (TPSA) is 12.5 Å². The minimum Gasteiger partial charge on any atom is -0.484 e. The molecule has 6 heteroatoms. The number of halogens is 4. The van der Waals surface area contributed by atoms with Gasteiger partial charge in [-0.3, -0.25) is 0 Å². The first-order chi connectivity index (χ1) is 11.1. The Hall–Kier alpha value is -1.69. The van der Waals surface area contributed by atoms with Crippen LogP contribution in [0.3, 0.4) is 0 Å². The standard InChI is InChI=1S/C18H17BrF3NO/c1-11-4-6-13(9-14(11)19)23-10-17(2,3)24-16-8-12(18(20,21)22)5-7-15(16)23/h4-9H,10H2,1-3H3. The average molecular weight is 400 g/mol. The molecule has 3 rings (SSSR count). The molecular formula is C18H17BrF3NO. The molecule has 0 spiro atoms. The number of hydrogen-bond donors (Lipinski definition) is 0. The van der Waals surface area contributed by atoms with Crippen molar-refractivity contribution < 1.29 is 17.9 Å². The van der Waals surface area contributed by atoms with Gasteiger partial charge in [0.2, 0.25) is 0 Å². The first-order valence-corrected chi connectivity index (χ1v) is 8.30. The van der Waals surface area contributed by atoms with Crippen LogP contribution < -0.4 is 9.64 Å². The van der Waals surface area contributed by atoms with Crippen LogP contribution in [-0.4, -0.2) is 12.1 Å². The molecular weight excluding hydrogens is 383 g/mol. The summed E-state index contributed by atoms with van der Waals surface area (Å²) in [5.41, 5.74) is 1.33. The minimum absolute atomic E-state index is 0.248. The van der Waals surface area contributed by atoms with Crippen molar-refractivity contribution in [3.8, 4) is 5.75 Å². The molecule has 2 aromatic carbocycles. The van der Waals surface area contributed by atoms with Crippen molar-refractivity contribution in [1.82, 2.24) is 0 Å². The molecule has 1 heterocycles. The summed E-state index contributed by atoms with van der Waals surface area (Å²) in [6.45, 7) is 6.26. The molecule has 0 saturated heterocycles. The van der Waals surface area contributed by atoms with Gasteiger partial charge in [-0.15, -0.1) is 0 Å². The summed E-state index contributed by atoms with van der Waals surface area (Å²) in [5.74, 6) is 0.248. The number of rotatable bonds is 1. The SMILES string of the molecule is Cc1ccc(N2CC(C)(C)Oc3cc(C(F)(F)F)ccc32)cc1Br. The van der Waals surface area contributed by atoms with Crippen LogP contribution in [0.4, 0.5) is 24.5 Å².